The number of halogens is 1. The molecular weight excluding hydrogens is 357 g/mol. The Morgan fingerprint density at radius 2 is 1.81 bits per heavy atom. The first-order valence-corrected chi connectivity index (χ1v) is 9.44. The average Bonchev–Trinajstić information content (AvgIpc) is 2.60. The van der Waals surface area contributed by atoms with Crippen molar-refractivity contribution in [3.63, 3.8) is 0 Å². The predicted octanol–water partition coefficient (Wildman–Crippen LogP) is 3.27. The number of benzene rings is 2. The Kier molecular flexibility index (Phi) is 6.28. The summed E-state index contributed by atoms with van der Waals surface area (Å²) in [6.45, 7) is 7.14. The van der Waals surface area contributed by atoms with Gasteiger partial charge in [-0.05, 0) is 32.0 Å². The van der Waals surface area contributed by atoms with E-state index < -0.39 is 27.9 Å². The molecule has 0 heterocycles. The molecule has 0 saturated heterocycles. The van der Waals surface area contributed by atoms with Gasteiger partial charge in [0.2, 0.25) is 10.0 Å². The fourth-order valence-electron chi connectivity index (χ4n) is 2.31. The van der Waals surface area contributed by atoms with Crippen molar-refractivity contribution in [1.82, 2.24) is 4.72 Å². The highest BCUT2D eigenvalue weighted by Gasteiger charge is 2.29. The summed E-state index contributed by atoms with van der Waals surface area (Å²) < 4.78 is 46.9. The quantitative estimate of drug-likeness (QED) is 0.594. The molecule has 0 aromatic heterocycles. The lowest BCUT2D eigenvalue weighted by Crippen LogP contribution is -2.32. The molecule has 0 spiro atoms. The van der Waals surface area contributed by atoms with Gasteiger partial charge in [0.1, 0.15) is 5.82 Å². The molecule has 0 aliphatic carbocycles. The SMILES string of the molecule is C=C(C(=O)OCC)C(NS(=O)(=O)c1ccc(C)cc1)c1ccccc1F. The highest BCUT2D eigenvalue weighted by molar-refractivity contribution is 7.89. The van der Waals surface area contributed by atoms with E-state index in [1.54, 1.807) is 25.1 Å². The summed E-state index contributed by atoms with van der Waals surface area (Å²) in [6.07, 6.45) is 0. The van der Waals surface area contributed by atoms with Gasteiger partial charge in [0.05, 0.1) is 23.1 Å². The molecule has 1 N–H and O–H groups in total. The van der Waals surface area contributed by atoms with Crippen LogP contribution >= 0.6 is 0 Å². The second kappa shape index (κ2) is 8.25. The van der Waals surface area contributed by atoms with E-state index >= 15 is 0 Å². The van der Waals surface area contributed by atoms with E-state index in [2.05, 4.69) is 11.3 Å². The molecule has 0 bridgehead atoms. The molecule has 0 saturated carbocycles. The summed E-state index contributed by atoms with van der Waals surface area (Å²) in [4.78, 5) is 12.1. The summed E-state index contributed by atoms with van der Waals surface area (Å²) in [7, 11) is -4.02. The van der Waals surface area contributed by atoms with Crippen LogP contribution in [0.3, 0.4) is 0 Å². The van der Waals surface area contributed by atoms with Crippen LogP contribution in [0.5, 0.6) is 0 Å². The molecule has 0 amide bonds. The maximum atomic E-state index is 14.3. The number of aryl methyl sites for hydroxylation is 1. The zero-order valence-corrected chi connectivity index (χ0v) is 15.3. The molecule has 2 aromatic carbocycles. The Bertz CT molecular complexity index is 907. The van der Waals surface area contributed by atoms with E-state index in [0.717, 1.165) is 5.56 Å². The van der Waals surface area contributed by atoms with Crippen LogP contribution in [-0.4, -0.2) is 21.0 Å². The molecule has 26 heavy (non-hydrogen) atoms. The maximum Gasteiger partial charge on any atom is 0.335 e. The highest BCUT2D eigenvalue weighted by atomic mass is 32.2. The Balaban J connectivity index is 2.44. The third-order valence-corrected chi connectivity index (χ3v) is 5.15. The van der Waals surface area contributed by atoms with Gasteiger partial charge in [-0.15, -0.1) is 0 Å². The van der Waals surface area contributed by atoms with Crippen molar-refractivity contribution in [3.8, 4) is 0 Å². The van der Waals surface area contributed by atoms with Gasteiger partial charge in [0, 0.05) is 5.56 Å². The standard InChI is InChI=1S/C19H20FNO4S/c1-4-25-19(22)14(3)18(16-7-5-6-8-17(16)20)21-26(23,24)15-11-9-13(2)10-12-15/h5-12,18,21H,3-4H2,1-2H3. The third-order valence-electron chi connectivity index (χ3n) is 3.71. The number of ether oxygens (including phenoxy) is 1. The number of sulfonamides is 1. The highest BCUT2D eigenvalue weighted by Crippen LogP contribution is 2.26. The molecule has 0 aliphatic heterocycles. The Labute approximate surface area is 152 Å². The van der Waals surface area contributed by atoms with Gasteiger partial charge < -0.3 is 4.74 Å². The lowest BCUT2D eigenvalue weighted by atomic mass is 10.0. The molecule has 2 rings (SSSR count). The van der Waals surface area contributed by atoms with Crippen molar-refractivity contribution < 1.29 is 22.3 Å². The Hall–Kier alpha value is -2.51. The minimum atomic E-state index is -4.02. The smallest absolute Gasteiger partial charge is 0.335 e. The fraction of sp³-hybridized carbons (Fsp3) is 0.211. The average molecular weight is 377 g/mol. The lowest BCUT2D eigenvalue weighted by Gasteiger charge is -2.21. The van der Waals surface area contributed by atoms with Crippen LogP contribution in [0.25, 0.3) is 0 Å². The molecule has 138 valence electrons. The molecule has 0 fully saturated rings. The number of nitrogens with one attached hydrogen (secondary N) is 1. The number of hydrogen-bond donors (Lipinski definition) is 1. The van der Waals surface area contributed by atoms with E-state index in [4.69, 9.17) is 4.74 Å². The molecule has 2 aromatic rings. The molecule has 1 atom stereocenters. The van der Waals surface area contributed by atoms with E-state index in [-0.39, 0.29) is 22.6 Å². The van der Waals surface area contributed by atoms with Crippen molar-refractivity contribution in [2.24, 2.45) is 0 Å². The van der Waals surface area contributed by atoms with Crippen molar-refractivity contribution in [2.75, 3.05) is 6.61 Å². The Morgan fingerprint density at radius 1 is 1.19 bits per heavy atom. The van der Waals surface area contributed by atoms with Crippen LogP contribution in [0.1, 0.15) is 24.1 Å². The zero-order valence-electron chi connectivity index (χ0n) is 14.5. The van der Waals surface area contributed by atoms with E-state index in [9.17, 15) is 17.6 Å². The number of hydrogen-bond acceptors (Lipinski definition) is 4. The van der Waals surface area contributed by atoms with Crippen LogP contribution in [0.15, 0.2) is 65.6 Å². The third kappa shape index (κ3) is 4.56. The number of carbonyl (C=O) groups excluding carboxylic acids is 1. The largest absolute Gasteiger partial charge is 0.463 e. The first-order valence-electron chi connectivity index (χ1n) is 7.95. The van der Waals surface area contributed by atoms with Gasteiger partial charge in [-0.1, -0.05) is 42.5 Å². The van der Waals surface area contributed by atoms with E-state index in [1.165, 1.54) is 30.3 Å². The number of esters is 1. The van der Waals surface area contributed by atoms with Gasteiger partial charge in [-0.3, -0.25) is 0 Å². The molecule has 5 nitrogen and oxygen atoms in total. The van der Waals surface area contributed by atoms with Crippen LogP contribution < -0.4 is 4.72 Å². The minimum Gasteiger partial charge on any atom is -0.463 e. The van der Waals surface area contributed by atoms with Crippen molar-refractivity contribution in [3.05, 3.63) is 77.6 Å². The molecule has 7 heteroatoms. The topological polar surface area (TPSA) is 72.5 Å². The summed E-state index contributed by atoms with van der Waals surface area (Å²) in [5, 5.41) is 0. The van der Waals surface area contributed by atoms with Crippen LogP contribution in [0.2, 0.25) is 0 Å². The maximum absolute atomic E-state index is 14.3. The monoisotopic (exact) mass is 377 g/mol. The predicted molar refractivity (Wildman–Crippen MR) is 96.4 cm³/mol. The number of rotatable bonds is 7. The molecule has 0 radical (unpaired) electrons. The fourth-order valence-corrected chi connectivity index (χ4v) is 3.52. The zero-order chi connectivity index (χ0) is 19.3. The van der Waals surface area contributed by atoms with Crippen LogP contribution in [0, 0.1) is 12.7 Å². The first kappa shape index (κ1) is 19.8. The summed E-state index contributed by atoms with van der Waals surface area (Å²) in [5.41, 5.74) is 0.680. The van der Waals surface area contributed by atoms with Gasteiger partial charge >= 0.3 is 5.97 Å². The van der Waals surface area contributed by atoms with E-state index in [1.807, 2.05) is 6.92 Å². The Morgan fingerprint density at radius 3 is 2.38 bits per heavy atom. The van der Waals surface area contributed by atoms with Gasteiger partial charge in [0.15, 0.2) is 0 Å². The normalized spacial score (nSPS) is 12.4. The second-order valence-electron chi connectivity index (χ2n) is 5.63. The van der Waals surface area contributed by atoms with Crippen LogP contribution in [-0.2, 0) is 19.6 Å². The summed E-state index contributed by atoms with van der Waals surface area (Å²) >= 11 is 0. The van der Waals surface area contributed by atoms with Gasteiger partial charge in [-0.2, -0.15) is 4.72 Å². The summed E-state index contributed by atoms with van der Waals surface area (Å²) in [6, 6.07) is 10.5. The van der Waals surface area contributed by atoms with Crippen molar-refractivity contribution in [1.29, 1.82) is 0 Å². The van der Waals surface area contributed by atoms with Crippen LogP contribution in [0.4, 0.5) is 4.39 Å². The summed E-state index contributed by atoms with van der Waals surface area (Å²) in [5.74, 6) is -1.46. The first-order chi connectivity index (χ1) is 12.3. The van der Waals surface area contributed by atoms with Crippen molar-refractivity contribution in [2.45, 2.75) is 24.8 Å². The lowest BCUT2D eigenvalue weighted by molar-refractivity contribution is -0.138. The molecule has 0 aliphatic rings. The van der Waals surface area contributed by atoms with Gasteiger partial charge in [0.25, 0.3) is 0 Å². The molecule has 1 unspecified atom stereocenters. The second-order valence-corrected chi connectivity index (χ2v) is 7.35. The molecular formula is C19H20FNO4S. The van der Waals surface area contributed by atoms with E-state index in [0.29, 0.717) is 0 Å². The number of carbonyl (C=O) groups is 1. The minimum absolute atomic E-state index is 0.00102. The van der Waals surface area contributed by atoms with Gasteiger partial charge in [-0.25, -0.2) is 17.6 Å². The van der Waals surface area contributed by atoms with Crippen molar-refractivity contribution >= 4 is 16.0 Å².